The van der Waals surface area contributed by atoms with Crippen LogP contribution in [-0.4, -0.2) is 36.2 Å². The highest BCUT2D eigenvalue weighted by atomic mass is 32.1. The van der Waals surface area contributed by atoms with Crippen molar-refractivity contribution >= 4 is 11.3 Å². The topological polar surface area (TPSA) is 38.5 Å². The molecule has 1 aliphatic heterocycles. The lowest BCUT2D eigenvalue weighted by Gasteiger charge is -2.56. The Bertz CT molecular complexity index is 439. The molecule has 1 atom stereocenters. The lowest BCUT2D eigenvalue weighted by atomic mass is 9.71. The van der Waals surface area contributed by atoms with E-state index in [0.717, 1.165) is 32.5 Å². The van der Waals surface area contributed by atoms with E-state index in [9.17, 15) is 0 Å². The van der Waals surface area contributed by atoms with Gasteiger partial charge in [0.15, 0.2) is 0 Å². The van der Waals surface area contributed by atoms with E-state index < -0.39 is 0 Å². The minimum Gasteiger partial charge on any atom is -0.378 e. The summed E-state index contributed by atoms with van der Waals surface area (Å²) in [5.74, 6) is 0. The van der Waals surface area contributed by atoms with Gasteiger partial charge in [-0.3, -0.25) is 4.90 Å². The molecule has 0 spiro atoms. The van der Waals surface area contributed by atoms with Crippen molar-refractivity contribution in [2.24, 2.45) is 5.73 Å². The Morgan fingerprint density at radius 1 is 1.53 bits per heavy atom. The predicted octanol–water partition coefficient (Wildman–Crippen LogP) is 2.56. The Balaban J connectivity index is 1.76. The van der Waals surface area contributed by atoms with Crippen molar-refractivity contribution in [2.75, 3.05) is 19.7 Å². The molecule has 0 aromatic carbocycles. The van der Waals surface area contributed by atoms with Crippen LogP contribution in [0.3, 0.4) is 0 Å². The van der Waals surface area contributed by atoms with Crippen LogP contribution in [-0.2, 0) is 11.2 Å². The number of rotatable bonds is 4. The highest BCUT2D eigenvalue weighted by molar-refractivity contribution is 7.10. The van der Waals surface area contributed by atoms with E-state index in [2.05, 4.69) is 30.2 Å². The maximum atomic E-state index is 6.12. The zero-order chi connectivity index (χ0) is 13.5. The summed E-state index contributed by atoms with van der Waals surface area (Å²) in [6, 6.07) is 2.79. The standard InChI is InChI=1S/C15H24N2OS/c1-3-18-12-8-15(9-12,10-16)17-6-4-14-13(11(17)2)5-7-19-14/h5,7,11-12H,3-4,6,8-10,16H2,1-2H3. The molecule has 19 heavy (non-hydrogen) atoms. The van der Waals surface area contributed by atoms with Crippen molar-refractivity contribution in [3.63, 3.8) is 0 Å². The van der Waals surface area contributed by atoms with Gasteiger partial charge in [-0.1, -0.05) is 0 Å². The van der Waals surface area contributed by atoms with E-state index in [0.29, 0.717) is 12.1 Å². The Morgan fingerprint density at radius 2 is 2.32 bits per heavy atom. The second-order valence-electron chi connectivity index (χ2n) is 5.83. The summed E-state index contributed by atoms with van der Waals surface area (Å²) in [6.07, 6.45) is 3.80. The molecule has 2 heterocycles. The van der Waals surface area contributed by atoms with E-state index >= 15 is 0 Å². The smallest absolute Gasteiger partial charge is 0.0611 e. The fraction of sp³-hybridized carbons (Fsp3) is 0.733. The molecule has 4 heteroatoms. The number of fused-ring (bicyclic) bond motifs is 1. The largest absolute Gasteiger partial charge is 0.378 e. The number of nitrogens with zero attached hydrogens (tertiary/aromatic N) is 1. The fourth-order valence-electron chi connectivity index (χ4n) is 3.82. The molecule has 1 saturated carbocycles. The van der Waals surface area contributed by atoms with Crippen LogP contribution in [0, 0.1) is 0 Å². The van der Waals surface area contributed by atoms with Gasteiger partial charge in [-0.2, -0.15) is 0 Å². The molecular formula is C15H24N2OS. The zero-order valence-corrected chi connectivity index (χ0v) is 12.7. The van der Waals surface area contributed by atoms with Crippen LogP contribution >= 0.6 is 11.3 Å². The van der Waals surface area contributed by atoms with Crippen molar-refractivity contribution in [2.45, 2.75) is 50.8 Å². The number of ether oxygens (including phenoxy) is 1. The average molecular weight is 280 g/mol. The van der Waals surface area contributed by atoms with Crippen molar-refractivity contribution in [3.8, 4) is 0 Å². The number of nitrogens with two attached hydrogens (primary N) is 1. The van der Waals surface area contributed by atoms with Crippen LogP contribution in [0.4, 0.5) is 0 Å². The highest BCUT2D eigenvalue weighted by Crippen LogP contribution is 2.46. The van der Waals surface area contributed by atoms with E-state index in [1.807, 2.05) is 11.3 Å². The normalized spacial score (nSPS) is 34.9. The second kappa shape index (κ2) is 5.17. The molecule has 0 saturated heterocycles. The van der Waals surface area contributed by atoms with Gasteiger partial charge in [0.1, 0.15) is 0 Å². The Labute approximate surface area is 119 Å². The fourth-order valence-corrected chi connectivity index (χ4v) is 4.78. The molecule has 0 radical (unpaired) electrons. The summed E-state index contributed by atoms with van der Waals surface area (Å²) in [5.41, 5.74) is 7.82. The SMILES string of the molecule is CCOC1CC(CN)(N2CCc3sccc3C2C)C1. The zero-order valence-electron chi connectivity index (χ0n) is 11.9. The van der Waals surface area contributed by atoms with Gasteiger partial charge in [0.05, 0.1) is 6.10 Å². The minimum atomic E-state index is 0.179. The van der Waals surface area contributed by atoms with Crippen LogP contribution in [0.15, 0.2) is 11.4 Å². The molecule has 1 fully saturated rings. The highest BCUT2D eigenvalue weighted by Gasteiger charge is 2.50. The second-order valence-corrected chi connectivity index (χ2v) is 6.83. The van der Waals surface area contributed by atoms with Gasteiger partial charge in [-0.25, -0.2) is 0 Å². The third-order valence-electron chi connectivity index (χ3n) is 4.88. The summed E-state index contributed by atoms with van der Waals surface area (Å²) in [4.78, 5) is 4.20. The number of hydrogen-bond acceptors (Lipinski definition) is 4. The molecule has 1 unspecified atom stereocenters. The molecule has 1 aromatic rings. The third-order valence-corrected chi connectivity index (χ3v) is 5.88. The van der Waals surface area contributed by atoms with Crippen molar-refractivity contribution in [1.29, 1.82) is 0 Å². The van der Waals surface area contributed by atoms with E-state index in [1.54, 1.807) is 4.88 Å². The predicted molar refractivity (Wildman–Crippen MR) is 79.6 cm³/mol. The third kappa shape index (κ3) is 2.15. The molecule has 106 valence electrons. The van der Waals surface area contributed by atoms with Crippen LogP contribution in [0.2, 0.25) is 0 Å². The Hall–Kier alpha value is -0.420. The van der Waals surface area contributed by atoms with Gasteiger partial charge < -0.3 is 10.5 Å². The van der Waals surface area contributed by atoms with Gasteiger partial charge in [0.2, 0.25) is 0 Å². The molecule has 2 aliphatic rings. The number of hydrogen-bond donors (Lipinski definition) is 1. The summed E-state index contributed by atoms with van der Waals surface area (Å²) in [6.45, 7) is 7.11. The molecule has 1 aliphatic carbocycles. The van der Waals surface area contributed by atoms with E-state index in [4.69, 9.17) is 10.5 Å². The lowest BCUT2D eigenvalue weighted by molar-refractivity contribution is -0.114. The van der Waals surface area contributed by atoms with Gasteiger partial charge in [0.25, 0.3) is 0 Å². The average Bonchev–Trinajstić information content (AvgIpc) is 2.84. The molecule has 1 aromatic heterocycles. The van der Waals surface area contributed by atoms with Gasteiger partial charge in [-0.05, 0) is 50.1 Å². The molecule has 2 N–H and O–H groups in total. The van der Waals surface area contributed by atoms with Gasteiger partial charge in [0, 0.05) is 36.2 Å². The summed E-state index contributed by atoms with van der Waals surface area (Å²) >= 11 is 1.90. The summed E-state index contributed by atoms with van der Waals surface area (Å²) in [7, 11) is 0. The molecule has 0 amide bonds. The van der Waals surface area contributed by atoms with Crippen LogP contribution < -0.4 is 5.73 Å². The van der Waals surface area contributed by atoms with E-state index in [1.165, 1.54) is 12.0 Å². The minimum absolute atomic E-state index is 0.179. The molecule has 0 bridgehead atoms. The van der Waals surface area contributed by atoms with Crippen molar-refractivity contribution in [3.05, 3.63) is 21.9 Å². The Kier molecular flexibility index (Phi) is 3.69. The summed E-state index contributed by atoms with van der Waals surface area (Å²) < 4.78 is 5.74. The van der Waals surface area contributed by atoms with Crippen LogP contribution in [0.1, 0.15) is 43.2 Å². The quantitative estimate of drug-likeness (QED) is 0.921. The van der Waals surface area contributed by atoms with Gasteiger partial charge >= 0.3 is 0 Å². The lowest BCUT2D eigenvalue weighted by Crippen LogP contribution is -2.65. The van der Waals surface area contributed by atoms with E-state index in [-0.39, 0.29) is 5.54 Å². The van der Waals surface area contributed by atoms with Crippen LogP contribution in [0.5, 0.6) is 0 Å². The molecular weight excluding hydrogens is 256 g/mol. The monoisotopic (exact) mass is 280 g/mol. The molecule has 3 rings (SSSR count). The first-order chi connectivity index (χ1) is 9.20. The van der Waals surface area contributed by atoms with Crippen molar-refractivity contribution < 1.29 is 4.74 Å². The summed E-state index contributed by atoms with van der Waals surface area (Å²) in [5, 5.41) is 2.23. The molecule has 3 nitrogen and oxygen atoms in total. The van der Waals surface area contributed by atoms with Gasteiger partial charge in [-0.15, -0.1) is 11.3 Å². The first kappa shape index (κ1) is 13.6. The number of thiophene rings is 1. The van der Waals surface area contributed by atoms with Crippen LogP contribution in [0.25, 0.3) is 0 Å². The first-order valence-electron chi connectivity index (χ1n) is 7.35. The van der Waals surface area contributed by atoms with Crippen molar-refractivity contribution in [1.82, 2.24) is 4.90 Å². The Morgan fingerprint density at radius 3 is 3.00 bits per heavy atom. The maximum absolute atomic E-state index is 6.12. The maximum Gasteiger partial charge on any atom is 0.0611 e. The first-order valence-corrected chi connectivity index (χ1v) is 8.23.